The fourth-order valence-corrected chi connectivity index (χ4v) is 3.49. The van der Waals surface area contributed by atoms with Gasteiger partial charge in [0.25, 0.3) is 11.7 Å². The minimum Gasteiger partial charge on any atom is -0.507 e. The number of hydrogen-bond acceptors (Lipinski definition) is 6. The highest BCUT2D eigenvalue weighted by atomic mass is 19.1. The summed E-state index contributed by atoms with van der Waals surface area (Å²) in [5.41, 5.74) is 0.206. The van der Waals surface area contributed by atoms with Gasteiger partial charge in [0.15, 0.2) is 0 Å². The Morgan fingerprint density at radius 1 is 1.10 bits per heavy atom. The van der Waals surface area contributed by atoms with Gasteiger partial charge in [-0.15, -0.1) is 0 Å². The van der Waals surface area contributed by atoms with Crippen LogP contribution in [0.15, 0.2) is 54.1 Å². The molecule has 1 fully saturated rings. The fraction of sp³-hybridized carbons (Fsp3) is 0.304. The minimum atomic E-state index is -1.11. The zero-order valence-corrected chi connectivity index (χ0v) is 17.1. The first kappa shape index (κ1) is 22.5. The third kappa shape index (κ3) is 4.76. The first-order valence-electron chi connectivity index (χ1n) is 9.94. The summed E-state index contributed by atoms with van der Waals surface area (Å²) in [6.45, 7) is 2.23. The van der Waals surface area contributed by atoms with Crippen LogP contribution in [0, 0.1) is 5.82 Å². The van der Waals surface area contributed by atoms with E-state index in [0.29, 0.717) is 17.9 Å². The van der Waals surface area contributed by atoms with Gasteiger partial charge in [-0.05, 0) is 37.3 Å². The lowest BCUT2D eigenvalue weighted by Gasteiger charge is -2.25. The summed E-state index contributed by atoms with van der Waals surface area (Å²) in [5, 5.41) is 19.8. The Kier molecular flexibility index (Phi) is 7.38. The van der Waals surface area contributed by atoms with E-state index in [1.54, 1.807) is 30.3 Å². The number of Topliss-reactive ketones (excluding diaryl/α,β-unsaturated/α-hetero) is 1. The third-order valence-electron chi connectivity index (χ3n) is 4.89. The number of carbonyl (C=O) groups is 2. The maximum Gasteiger partial charge on any atom is 0.295 e. The highest BCUT2D eigenvalue weighted by Gasteiger charge is 2.46. The fourth-order valence-electron chi connectivity index (χ4n) is 3.49. The normalized spacial score (nSPS) is 17.9. The van der Waals surface area contributed by atoms with Crippen LogP contribution in [0.5, 0.6) is 5.75 Å². The molecule has 2 aromatic rings. The monoisotopic (exact) mass is 429 g/mol. The predicted octanol–water partition coefficient (Wildman–Crippen LogP) is 2.66. The maximum atomic E-state index is 14.7. The summed E-state index contributed by atoms with van der Waals surface area (Å²) in [4.78, 5) is 26.8. The summed E-state index contributed by atoms with van der Waals surface area (Å²) < 4.78 is 25.3. The van der Waals surface area contributed by atoms with E-state index in [2.05, 4.69) is 0 Å². The summed E-state index contributed by atoms with van der Waals surface area (Å²) in [7, 11) is 0. The van der Waals surface area contributed by atoms with Gasteiger partial charge in [0, 0.05) is 17.7 Å². The van der Waals surface area contributed by atoms with E-state index in [4.69, 9.17) is 14.6 Å². The number of nitrogens with zero attached hydrogens (tertiary/aromatic N) is 1. The molecule has 0 aliphatic carbocycles. The van der Waals surface area contributed by atoms with Gasteiger partial charge in [-0.25, -0.2) is 4.39 Å². The molecule has 164 valence electrons. The zero-order chi connectivity index (χ0) is 22.4. The van der Waals surface area contributed by atoms with Crippen molar-refractivity contribution in [3.8, 4) is 5.75 Å². The first-order valence-corrected chi connectivity index (χ1v) is 9.94. The van der Waals surface area contributed by atoms with Crippen molar-refractivity contribution >= 4 is 17.4 Å². The van der Waals surface area contributed by atoms with E-state index in [0.717, 1.165) is 0 Å². The topological polar surface area (TPSA) is 96.3 Å². The van der Waals surface area contributed by atoms with Gasteiger partial charge in [0.1, 0.15) is 17.3 Å². The Bertz CT molecular complexity index is 972. The van der Waals surface area contributed by atoms with E-state index in [9.17, 15) is 19.1 Å². The number of halogens is 1. The number of benzene rings is 2. The van der Waals surface area contributed by atoms with E-state index in [-0.39, 0.29) is 37.5 Å². The largest absolute Gasteiger partial charge is 0.507 e. The Labute approximate surface area is 179 Å². The SMILES string of the molecule is CCOc1ccc(/C(O)=C2\C(=O)C(=O)N(CCOCCO)C2c2ccccc2F)cc1. The van der Waals surface area contributed by atoms with Crippen LogP contribution in [0.25, 0.3) is 5.76 Å². The molecular formula is C23H24FNO6. The van der Waals surface area contributed by atoms with Crippen LogP contribution in [-0.4, -0.2) is 59.8 Å². The van der Waals surface area contributed by atoms with Crippen LogP contribution in [0.3, 0.4) is 0 Å². The number of ketones is 1. The molecule has 2 N–H and O–H groups in total. The molecule has 1 saturated heterocycles. The second kappa shape index (κ2) is 10.2. The van der Waals surface area contributed by atoms with Gasteiger partial charge in [0.05, 0.1) is 38.0 Å². The highest BCUT2D eigenvalue weighted by Crippen LogP contribution is 2.40. The number of amides is 1. The van der Waals surface area contributed by atoms with E-state index in [1.807, 2.05) is 6.92 Å². The van der Waals surface area contributed by atoms with Crippen molar-refractivity contribution in [2.24, 2.45) is 0 Å². The first-order chi connectivity index (χ1) is 15.0. The van der Waals surface area contributed by atoms with Gasteiger partial charge in [-0.1, -0.05) is 18.2 Å². The molecule has 0 spiro atoms. The second-order valence-corrected chi connectivity index (χ2v) is 6.81. The van der Waals surface area contributed by atoms with E-state index < -0.39 is 29.3 Å². The van der Waals surface area contributed by atoms with Crippen LogP contribution in [-0.2, 0) is 14.3 Å². The summed E-state index contributed by atoms with van der Waals surface area (Å²) in [6.07, 6.45) is 0. The molecule has 0 aromatic heterocycles. The van der Waals surface area contributed by atoms with Crippen molar-refractivity contribution in [2.75, 3.05) is 33.0 Å². The average Bonchev–Trinajstić information content (AvgIpc) is 3.02. The number of rotatable bonds is 9. The third-order valence-corrected chi connectivity index (χ3v) is 4.89. The molecule has 1 unspecified atom stereocenters. The maximum absolute atomic E-state index is 14.7. The van der Waals surface area contributed by atoms with Crippen molar-refractivity contribution in [3.05, 3.63) is 71.0 Å². The van der Waals surface area contributed by atoms with Crippen LogP contribution in [0.4, 0.5) is 4.39 Å². The molecule has 31 heavy (non-hydrogen) atoms. The Balaban J connectivity index is 2.05. The van der Waals surface area contributed by atoms with Crippen molar-refractivity contribution in [3.63, 3.8) is 0 Å². The molecule has 3 rings (SSSR count). The molecule has 7 nitrogen and oxygen atoms in total. The minimum absolute atomic E-state index is 0.0103. The molecule has 2 aromatic carbocycles. The van der Waals surface area contributed by atoms with Crippen LogP contribution in [0.2, 0.25) is 0 Å². The van der Waals surface area contributed by atoms with Gasteiger partial charge in [-0.3, -0.25) is 9.59 Å². The van der Waals surface area contributed by atoms with E-state index >= 15 is 0 Å². The number of aliphatic hydroxyl groups excluding tert-OH is 2. The Morgan fingerprint density at radius 2 is 1.81 bits per heavy atom. The lowest BCUT2D eigenvalue weighted by atomic mass is 9.95. The average molecular weight is 429 g/mol. The molecule has 1 amide bonds. The van der Waals surface area contributed by atoms with Crippen LogP contribution in [0.1, 0.15) is 24.1 Å². The Morgan fingerprint density at radius 3 is 2.45 bits per heavy atom. The number of likely N-dealkylation sites (tertiary alicyclic amines) is 1. The molecule has 0 saturated carbocycles. The predicted molar refractivity (Wildman–Crippen MR) is 111 cm³/mol. The smallest absolute Gasteiger partial charge is 0.295 e. The summed E-state index contributed by atoms with van der Waals surface area (Å²) >= 11 is 0. The lowest BCUT2D eigenvalue weighted by molar-refractivity contribution is -0.140. The van der Waals surface area contributed by atoms with Crippen molar-refractivity contribution in [1.82, 2.24) is 4.90 Å². The molecule has 1 aliphatic rings. The lowest BCUT2D eigenvalue weighted by Crippen LogP contribution is -2.33. The molecule has 8 heteroatoms. The van der Waals surface area contributed by atoms with Crippen molar-refractivity contribution in [1.29, 1.82) is 0 Å². The standard InChI is InChI=1S/C23H24FNO6/c1-2-31-16-9-7-15(8-10-16)21(27)19-20(17-5-3-4-6-18(17)24)25(23(29)22(19)28)11-13-30-14-12-26/h3-10,20,26-27H,2,11-14H2,1H3/b21-19+. The number of ether oxygens (including phenoxy) is 2. The van der Waals surface area contributed by atoms with Gasteiger partial charge in [-0.2, -0.15) is 0 Å². The Hall–Kier alpha value is -3.23. The van der Waals surface area contributed by atoms with Gasteiger partial charge < -0.3 is 24.6 Å². The number of hydrogen-bond donors (Lipinski definition) is 2. The molecule has 0 radical (unpaired) electrons. The van der Waals surface area contributed by atoms with Gasteiger partial charge >= 0.3 is 0 Å². The number of aliphatic hydroxyl groups is 2. The van der Waals surface area contributed by atoms with E-state index in [1.165, 1.54) is 23.1 Å². The van der Waals surface area contributed by atoms with Crippen molar-refractivity contribution < 1.29 is 33.7 Å². The van der Waals surface area contributed by atoms with Crippen LogP contribution < -0.4 is 4.74 Å². The summed E-state index contributed by atoms with van der Waals surface area (Å²) in [6, 6.07) is 11.1. The molecular weight excluding hydrogens is 405 g/mol. The second-order valence-electron chi connectivity index (χ2n) is 6.81. The molecule has 0 bridgehead atoms. The molecule has 1 aliphatic heterocycles. The molecule has 1 heterocycles. The molecule has 1 atom stereocenters. The quantitative estimate of drug-likeness (QED) is 0.275. The highest BCUT2D eigenvalue weighted by molar-refractivity contribution is 6.46. The van der Waals surface area contributed by atoms with Crippen molar-refractivity contribution in [2.45, 2.75) is 13.0 Å². The zero-order valence-electron chi connectivity index (χ0n) is 17.1. The van der Waals surface area contributed by atoms with Crippen LogP contribution >= 0.6 is 0 Å². The van der Waals surface area contributed by atoms with Gasteiger partial charge in [0.2, 0.25) is 0 Å². The summed E-state index contributed by atoms with van der Waals surface area (Å²) in [5.74, 6) is -2.16. The number of carbonyl (C=O) groups excluding carboxylic acids is 2.